The topological polar surface area (TPSA) is 66.6 Å². The minimum atomic E-state index is -3.83. The summed E-state index contributed by atoms with van der Waals surface area (Å²) in [5, 5.41) is 0. The van der Waals surface area contributed by atoms with Crippen molar-refractivity contribution in [2.24, 2.45) is 5.73 Å². The second-order valence-corrected chi connectivity index (χ2v) is 7.74. The number of nitrogens with two attached hydrogens (primary N) is 1. The summed E-state index contributed by atoms with van der Waals surface area (Å²) in [4.78, 5) is 1.86. The SMILES string of the molecule is CCN1CCN(S(=O)(=O)c2cc(Br)cc(CN)c2F)CC1. The van der Waals surface area contributed by atoms with Crippen LogP contribution in [0, 0.1) is 5.82 Å². The van der Waals surface area contributed by atoms with E-state index in [1.165, 1.54) is 16.4 Å². The molecule has 1 aliphatic heterocycles. The van der Waals surface area contributed by atoms with Gasteiger partial charge in [-0.1, -0.05) is 22.9 Å². The molecule has 1 heterocycles. The Hall–Kier alpha value is -0.540. The molecule has 0 radical (unpaired) electrons. The Labute approximate surface area is 133 Å². The summed E-state index contributed by atoms with van der Waals surface area (Å²) in [6.07, 6.45) is 0. The molecule has 1 aromatic rings. The van der Waals surface area contributed by atoms with E-state index in [0.717, 1.165) is 6.54 Å². The molecule has 0 unspecified atom stereocenters. The quantitative estimate of drug-likeness (QED) is 0.857. The molecule has 1 aromatic carbocycles. The van der Waals surface area contributed by atoms with Crippen molar-refractivity contribution in [3.8, 4) is 0 Å². The molecule has 0 saturated carbocycles. The van der Waals surface area contributed by atoms with Crippen LogP contribution in [0.5, 0.6) is 0 Å². The Morgan fingerprint density at radius 2 is 1.90 bits per heavy atom. The first-order chi connectivity index (χ1) is 9.90. The van der Waals surface area contributed by atoms with Crippen LogP contribution in [0.25, 0.3) is 0 Å². The van der Waals surface area contributed by atoms with E-state index in [4.69, 9.17) is 5.73 Å². The van der Waals surface area contributed by atoms with Crippen LogP contribution in [-0.2, 0) is 16.6 Å². The molecule has 0 aliphatic carbocycles. The fraction of sp³-hybridized carbons (Fsp3) is 0.538. The number of nitrogens with zero attached hydrogens (tertiary/aromatic N) is 2. The van der Waals surface area contributed by atoms with Crippen molar-refractivity contribution < 1.29 is 12.8 Å². The zero-order valence-corrected chi connectivity index (χ0v) is 14.3. The van der Waals surface area contributed by atoms with Gasteiger partial charge in [-0.25, -0.2) is 12.8 Å². The predicted molar refractivity (Wildman–Crippen MR) is 82.9 cm³/mol. The van der Waals surface area contributed by atoms with Gasteiger partial charge in [-0.3, -0.25) is 0 Å². The number of rotatable bonds is 4. The summed E-state index contributed by atoms with van der Waals surface area (Å²) in [6.45, 7) is 4.95. The summed E-state index contributed by atoms with van der Waals surface area (Å²) >= 11 is 3.21. The zero-order valence-electron chi connectivity index (χ0n) is 11.8. The fourth-order valence-corrected chi connectivity index (χ4v) is 4.59. The second-order valence-electron chi connectivity index (χ2n) is 4.92. The average molecular weight is 380 g/mol. The van der Waals surface area contributed by atoms with Gasteiger partial charge < -0.3 is 10.6 Å². The molecule has 0 atom stereocenters. The van der Waals surface area contributed by atoms with Gasteiger partial charge in [0, 0.05) is 42.8 Å². The number of sulfonamides is 1. The number of hydrogen-bond acceptors (Lipinski definition) is 4. The second kappa shape index (κ2) is 6.70. The Morgan fingerprint density at radius 3 is 2.43 bits per heavy atom. The first-order valence-electron chi connectivity index (χ1n) is 6.80. The van der Waals surface area contributed by atoms with Crippen LogP contribution in [0.4, 0.5) is 4.39 Å². The zero-order chi connectivity index (χ0) is 15.6. The average Bonchev–Trinajstić information content (AvgIpc) is 2.49. The number of piperazine rings is 1. The smallest absolute Gasteiger partial charge is 0.246 e. The summed E-state index contributed by atoms with van der Waals surface area (Å²) in [5.41, 5.74) is 5.66. The van der Waals surface area contributed by atoms with Crippen molar-refractivity contribution in [1.29, 1.82) is 0 Å². The molecule has 8 heteroatoms. The van der Waals surface area contributed by atoms with E-state index in [2.05, 4.69) is 20.8 Å². The highest BCUT2D eigenvalue weighted by Crippen LogP contribution is 2.27. The van der Waals surface area contributed by atoms with Crippen LogP contribution in [0.2, 0.25) is 0 Å². The van der Waals surface area contributed by atoms with Crippen molar-refractivity contribution >= 4 is 26.0 Å². The lowest BCUT2D eigenvalue weighted by Gasteiger charge is -2.33. The van der Waals surface area contributed by atoms with Gasteiger partial charge in [-0.2, -0.15) is 4.31 Å². The summed E-state index contributed by atoms with van der Waals surface area (Å²) in [5.74, 6) is -0.751. The van der Waals surface area contributed by atoms with Gasteiger partial charge in [-0.05, 0) is 18.7 Å². The molecular weight excluding hydrogens is 361 g/mol. The maximum Gasteiger partial charge on any atom is 0.246 e. The molecule has 0 aromatic heterocycles. The summed E-state index contributed by atoms with van der Waals surface area (Å²) < 4.78 is 41.4. The fourth-order valence-electron chi connectivity index (χ4n) is 2.38. The van der Waals surface area contributed by atoms with Crippen molar-refractivity contribution in [3.05, 3.63) is 28.0 Å². The molecule has 1 aliphatic rings. The highest BCUT2D eigenvalue weighted by Gasteiger charge is 2.31. The molecule has 0 amide bonds. The van der Waals surface area contributed by atoms with E-state index in [9.17, 15) is 12.8 Å². The van der Waals surface area contributed by atoms with Crippen LogP contribution >= 0.6 is 15.9 Å². The lowest BCUT2D eigenvalue weighted by molar-refractivity contribution is 0.196. The molecule has 5 nitrogen and oxygen atoms in total. The maximum atomic E-state index is 14.3. The van der Waals surface area contributed by atoms with E-state index in [0.29, 0.717) is 30.7 Å². The van der Waals surface area contributed by atoms with Crippen molar-refractivity contribution in [2.45, 2.75) is 18.4 Å². The first kappa shape index (κ1) is 16.8. The standard InChI is InChI=1S/C13H19BrFN3O2S/c1-2-17-3-5-18(6-4-17)21(19,20)12-8-11(14)7-10(9-16)13(12)15/h7-8H,2-6,9,16H2,1H3. The van der Waals surface area contributed by atoms with Gasteiger partial charge in [0.25, 0.3) is 0 Å². The Bertz CT molecular complexity index is 616. The van der Waals surface area contributed by atoms with Gasteiger partial charge >= 0.3 is 0 Å². The molecule has 1 fully saturated rings. The Balaban J connectivity index is 2.34. The minimum Gasteiger partial charge on any atom is -0.326 e. The van der Waals surface area contributed by atoms with Crippen molar-refractivity contribution in [1.82, 2.24) is 9.21 Å². The van der Waals surface area contributed by atoms with Gasteiger partial charge in [0.2, 0.25) is 10.0 Å². The summed E-state index contributed by atoms with van der Waals surface area (Å²) in [7, 11) is -3.83. The monoisotopic (exact) mass is 379 g/mol. The third-order valence-corrected chi connectivity index (χ3v) is 6.05. The highest BCUT2D eigenvalue weighted by molar-refractivity contribution is 9.10. The molecule has 1 saturated heterocycles. The number of halogens is 2. The number of likely N-dealkylation sites (N-methyl/N-ethyl adjacent to an activating group) is 1. The van der Waals surface area contributed by atoms with Crippen LogP contribution in [-0.4, -0.2) is 50.3 Å². The van der Waals surface area contributed by atoms with Crippen LogP contribution in [0.15, 0.2) is 21.5 Å². The maximum absolute atomic E-state index is 14.3. The van der Waals surface area contributed by atoms with Gasteiger partial charge in [0.15, 0.2) is 0 Å². The van der Waals surface area contributed by atoms with E-state index < -0.39 is 15.8 Å². The van der Waals surface area contributed by atoms with E-state index in [1.807, 2.05) is 6.92 Å². The normalized spacial score (nSPS) is 18.1. The molecule has 21 heavy (non-hydrogen) atoms. The van der Waals surface area contributed by atoms with Crippen molar-refractivity contribution in [3.63, 3.8) is 0 Å². The minimum absolute atomic E-state index is 0.0442. The van der Waals surface area contributed by atoms with Crippen molar-refractivity contribution in [2.75, 3.05) is 32.7 Å². The predicted octanol–water partition coefficient (Wildman–Crippen LogP) is 1.37. The molecule has 0 bridgehead atoms. The molecule has 0 spiro atoms. The van der Waals surface area contributed by atoms with E-state index in [-0.39, 0.29) is 17.0 Å². The lowest BCUT2D eigenvalue weighted by Crippen LogP contribution is -2.48. The van der Waals surface area contributed by atoms with E-state index >= 15 is 0 Å². The largest absolute Gasteiger partial charge is 0.326 e. The first-order valence-corrected chi connectivity index (χ1v) is 9.04. The molecule has 118 valence electrons. The van der Waals surface area contributed by atoms with Gasteiger partial charge in [-0.15, -0.1) is 0 Å². The Kier molecular flexibility index (Phi) is 5.37. The third-order valence-electron chi connectivity index (χ3n) is 3.70. The molecule has 2 N–H and O–H groups in total. The number of benzene rings is 1. The summed E-state index contributed by atoms with van der Waals surface area (Å²) in [6, 6.07) is 2.80. The lowest BCUT2D eigenvalue weighted by atomic mass is 10.2. The number of hydrogen-bond donors (Lipinski definition) is 1. The molecule has 2 rings (SSSR count). The van der Waals surface area contributed by atoms with E-state index in [1.54, 1.807) is 0 Å². The van der Waals surface area contributed by atoms with Gasteiger partial charge in [0.05, 0.1) is 0 Å². The molecular formula is C13H19BrFN3O2S. The van der Waals surface area contributed by atoms with Crippen LogP contribution in [0.1, 0.15) is 12.5 Å². The van der Waals surface area contributed by atoms with Crippen LogP contribution in [0.3, 0.4) is 0 Å². The third kappa shape index (κ3) is 3.45. The van der Waals surface area contributed by atoms with Gasteiger partial charge in [0.1, 0.15) is 10.7 Å². The highest BCUT2D eigenvalue weighted by atomic mass is 79.9. The Morgan fingerprint density at radius 1 is 1.29 bits per heavy atom. The van der Waals surface area contributed by atoms with Crippen LogP contribution < -0.4 is 5.73 Å².